The van der Waals surface area contributed by atoms with Crippen LogP contribution in [0.15, 0.2) is 42.2 Å². The van der Waals surface area contributed by atoms with Gasteiger partial charge >= 0.3 is 5.97 Å². The van der Waals surface area contributed by atoms with Crippen LogP contribution < -0.4 is 0 Å². The van der Waals surface area contributed by atoms with Crippen molar-refractivity contribution in [3.8, 4) is 0 Å². The predicted octanol–water partition coefficient (Wildman–Crippen LogP) is 2.34. The van der Waals surface area contributed by atoms with Gasteiger partial charge in [-0.15, -0.1) is 0 Å². The molecule has 1 heterocycles. The molecular formula is C15H16O4. The Kier molecular flexibility index (Phi) is 3.69. The third kappa shape index (κ3) is 2.67. The number of Topliss-reactive ketones (excluding diaryl/α,β-unsaturated/α-hetero) is 1. The normalized spacial score (nSPS) is 22.4. The number of esters is 1. The van der Waals surface area contributed by atoms with E-state index >= 15 is 0 Å². The van der Waals surface area contributed by atoms with Crippen LogP contribution in [0, 0.1) is 0 Å². The second-order valence-corrected chi connectivity index (χ2v) is 4.57. The lowest BCUT2D eigenvalue weighted by Gasteiger charge is -2.32. The summed E-state index contributed by atoms with van der Waals surface area (Å²) in [6.45, 7) is 3.76. The standard InChI is InChI=1S/C15H16O4/c1-3-18-14(17)12-10-19-15(2,9-13(12)16)11-7-5-4-6-8-11/h4-8,10H,3,9H2,1-2H3. The Morgan fingerprint density at radius 2 is 2.05 bits per heavy atom. The molecule has 2 rings (SSSR count). The van der Waals surface area contributed by atoms with Crippen LogP contribution in [0.3, 0.4) is 0 Å². The smallest absolute Gasteiger partial charge is 0.344 e. The zero-order valence-electron chi connectivity index (χ0n) is 11.0. The van der Waals surface area contributed by atoms with E-state index in [0.717, 1.165) is 5.56 Å². The minimum atomic E-state index is -0.728. The molecule has 1 aliphatic heterocycles. The Hall–Kier alpha value is -2.10. The topological polar surface area (TPSA) is 52.6 Å². The van der Waals surface area contributed by atoms with Gasteiger partial charge in [-0.25, -0.2) is 4.79 Å². The van der Waals surface area contributed by atoms with Gasteiger partial charge in [0, 0.05) is 0 Å². The number of hydrogen-bond acceptors (Lipinski definition) is 4. The molecular weight excluding hydrogens is 244 g/mol. The highest BCUT2D eigenvalue weighted by Crippen LogP contribution is 2.34. The van der Waals surface area contributed by atoms with Crippen LogP contribution in [-0.4, -0.2) is 18.4 Å². The number of benzene rings is 1. The second-order valence-electron chi connectivity index (χ2n) is 4.57. The molecule has 4 heteroatoms. The van der Waals surface area contributed by atoms with Gasteiger partial charge in [0.2, 0.25) is 0 Å². The van der Waals surface area contributed by atoms with Crippen molar-refractivity contribution < 1.29 is 19.1 Å². The molecule has 1 aromatic rings. The zero-order chi connectivity index (χ0) is 13.9. The molecule has 0 amide bonds. The second kappa shape index (κ2) is 5.26. The fourth-order valence-corrected chi connectivity index (χ4v) is 2.03. The molecule has 4 nitrogen and oxygen atoms in total. The quantitative estimate of drug-likeness (QED) is 0.618. The van der Waals surface area contributed by atoms with Gasteiger partial charge in [-0.3, -0.25) is 4.79 Å². The highest BCUT2D eigenvalue weighted by molar-refractivity contribution is 6.17. The van der Waals surface area contributed by atoms with Crippen molar-refractivity contribution in [1.29, 1.82) is 0 Å². The molecule has 0 spiro atoms. The van der Waals surface area contributed by atoms with Crippen LogP contribution in [0.4, 0.5) is 0 Å². The van der Waals surface area contributed by atoms with Gasteiger partial charge < -0.3 is 9.47 Å². The van der Waals surface area contributed by atoms with Crippen molar-refractivity contribution in [2.24, 2.45) is 0 Å². The summed E-state index contributed by atoms with van der Waals surface area (Å²) in [5.41, 5.74) is 0.159. The first kappa shape index (κ1) is 13.3. The van der Waals surface area contributed by atoms with E-state index in [2.05, 4.69) is 0 Å². The van der Waals surface area contributed by atoms with Gasteiger partial charge in [-0.1, -0.05) is 30.3 Å². The largest absolute Gasteiger partial charge is 0.489 e. The van der Waals surface area contributed by atoms with E-state index < -0.39 is 11.6 Å². The van der Waals surface area contributed by atoms with E-state index in [-0.39, 0.29) is 24.4 Å². The first-order chi connectivity index (χ1) is 9.07. The van der Waals surface area contributed by atoms with E-state index in [0.29, 0.717) is 0 Å². The van der Waals surface area contributed by atoms with Gasteiger partial charge in [0.05, 0.1) is 13.0 Å². The molecule has 1 aromatic carbocycles. The molecule has 19 heavy (non-hydrogen) atoms. The number of carbonyl (C=O) groups excluding carboxylic acids is 2. The molecule has 0 radical (unpaired) electrons. The van der Waals surface area contributed by atoms with Crippen LogP contribution in [0.25, 0.3) is 0 Å². The average molecular weight is 260 g/mol. The van der Waals surface area contributed by atoms with Crippen LogP contribution >= 0.6 is 0 Å². The van der Waals surface area contributed by atoms with Crippen LogP contribution in [0.2, 0.25) is 0 Å². The number of ether oxygens (including phenoxy) is 2. The van der Waals surface area contributed by atoms with Crippen LogP contribution in [-0.2, 0) is 24.7 Å². The zero-order valence-corrected chi connectivity index (χ0v) is 11.0. The van der Waals surface area contributed by atoms with E-state index in [1.54, 1.807) is 6.92 Å². The summed E-state index contributed by atoms with van der Waals surface area (Å²) in [5, 5.41) is 0. The number of hydrogen-bond donors (Lipinski definition) is 0. The molecule has 1 atom stereocenters. The Morgan fingerprint density at radius 3 is 2.63 bits per heavy atom. The Labute approximate surface area is 112 Å². The number of rotatable bonds is 3. The highest BCUT2D eigenvalue weighted by Gasteiger charge is 2.38. The predicted molar refractivity (Wildman–Crippen MR) is 69.2 cm³/mol. The summed E-state index contributed by atoms with van der Waals surface area (Å²) in [5.74, 6) is -0.876. The summed E-state index contributed by atoms with van der Waals surface area (Å²) in [6.07, 6.45) is 1.35. The highest BCUT2D eigenvalue weighted by atomic mass is 16.5. The first-order valence-corrected chi connectivity index (χ1v) is 6.20. The van der Waals surface area contributed by atoms with Crippen LogP contribution in [0.1, 0.15) is 25.8 Å². The van der Waals surface area contributed by atoms with Gasteiger partial charge in [-0.2, -0.15) is 0 Å². The summed E-state index contributed by atoms with van der Waals surface area (Å²) in [4.78, 5) is 23.6. The Bertz CT molecular complexity index is 518. The Balaban J connectivity index is 2.23. The molecule has 0 N–H and O–H groups in total. The van der Waals surface area contributed by atoms with Gasteiger partial charge in [0.1, 0.15) is 17.4 Å². The molecule has 0 bridgehead atoms. The van der Waals surface area contributed by atoms with Crippen molar-refractivity contribution >= 4 is 11.8 Å². The molecule has 0 fully saturated rings. The van der Waals surface area contributed by atoms with Gasteiger partial charge in [0.25, 0.3) is 0 Å². The van der Waals surface area contributed by atoms with Crippen LogP contribution in [0.5, 0.6) is 0 Å². The van der Waals surface area contributed by atoms with Crippen molar-refractivity contribution in [3.05, 3.63) is 47.7 Å². The maximum Gasteiger partial charge on any atom is 0.344 e. The molecule has 1 unspecified atom stereocenters. The fourth-order valence-electron chi connectivity index (χ4n) is 2.03. The molecule has 100 valence electrons. The third-order valence-electron chi connectivity index (χ3n) is 3.11. The number of ketones is 1. The monoisotopic (exact) mass is 260 g/mol. The molecule has 0 saturated heterocycles. The first-order valence-electron chi connectivity index (χ1n) is 6.20. The van der Waals surface area contributed by atoms with E-state index in [1.807, 2.05) is 37.3 Å². The minimum Gasteiger partial charge on any atom is -0.489 e. The summed E-state index contributed by atoms with van der Waals surface area (Å²) in [6, 6.07) is 9.47. The lowest BCUT2D eigenvalue weighted by molar-refractivity contribution is -0.142. The van der Waals surface area contributed by atoms with Gasteiger partial charge in [-0.05, 0) is 19.4 Å². The van der Waals surface area contributed by atoms with E-state index in [1.165, 1.54) is 6.26 Å². The van der Waals surface area contributed by atoms with Crippen molar-refractivity contribution in [1.82, 2.24) is 0 Å². The third-order valence-corrected chi connectivity index (χ3v) is 3.11. The molecule has 1 aliphatic rings. The summed E-state index contributed by atoms with van der Waals surface area (Å²) in [7, 11) is 0. The summed E-state index contributed by atoms with van der Waals surface area (Å²) >= 11 is 0. The van der Waals surface area contributed by atoms with E-state index in [9.17, 15) is 9.59 Å². The average Bonchev–Trinajstić information content (AvgIpc) is 2.40. The van der Waals surface area contributed by atoms with E-state index in [4.69, 9.17) is 9.47 Å². The molecule has 0 aromatic heterocycles. The number of carbonyl (C=O) groups is 2. The summed E-state index contributed by atoms with van der Waals surface area (Å²) < 4.78 is 10.4. The lowest BCUT2D eigenvalue weighted by Crippen LogP contribution is -2.34. The minimum absolute atomic E-state index is 0.0183. The van der Waals surface area contributed by atoms with Crippen molar-refractivity contribution in [2.75, 3.05) is 6.61 Å². The maximum atomic E-state index is 12.1. The SMILES string of the molecule is CCOC(=O)C1=COC(C)(c2ccccc2)CC1=O. The maximum absolute atomic E-state index is 12.1. The lowest BCUT2D eigenvalue weighted by atomic mass is 9.87. The fraction of sp³-hybridized carbons (Fsp3) is 0.333. The van der Waals surface area contributed by atoms with Crippen molar-refractivity contribution in [3.63, 3.8) is 0 Å². The van der Waals surface area contributed by atoms with Gasteiger partial charge in [0.15, 0.2) is 5.78 Å². The molecule has 0 saturated carbocycles. The molecule has 0 aliphatic carbocycles. The Morgan fingerprint density at radius 1 is 1.37 bits per heavy atom. The van der Waals surface area contributed by atoms with Crippen molar-refractivity contribution in [2.45, 2.75) is 25.9 Å².